The van der Waals surface area contributed by atoms with E-state index in [2.05, 4.69) is 43.0 Å². The topological polar surface area (TPSA) is 49.3 Å². The van der Waals surface area contributed by atoms with Gasteiger partial charge in [0.25, 0.3) is 0 Å². The van der Waals surface area contributed by atoms with Gasteiger partial charge >= 0.3 is 0 Å². The van der Waals surface area contributed by atoms with Crippen LogP contribution in [-0.4, -0.2) is 47.0 Å². The summed E-state index contributed by atoms with van der Waals surface area (Å²) in [5, 5.41) is -0.650. The van der Waals surface area contributed by atoms with Crippen molar-refractivity contribution < 1.29 is 4.79 Å². The number of hydrogen-bond donors (Lipinski definition) is 0. The van der Waals surface area contributed by atoms with Gasteiger partial charge < -0.3 is 9.80 Å². The van der Waals surface area contributed by atoms with Crippen molar-refractivity contribution in [2.24, 2.45) is 0 Å². The first-order valence-corrected chi connectivity index (χ1v) is 12.0. The smallest absolute Gasteiger partial charge is 0.245 e. The van der Waals surface area contributed by atoms with Crippen molar-refractivity contribution in [1.29, 1.82) is 0 Å². The van der Waals surface area contributed by atoms with Crippen LogP contribution in [0.15, 0.2) is 54.6 Å². The summed E-state index contributed by atoms with van der Waals surface area (Å²) in [7, 11) is 0. The molecule has 1 amide bonds. The van der Waals surface area contributed by atoms with E-state index in [-0.39, 0.29) is 5.91 Å². The molecule has 0 N–H and O–H groups in total. The Labute approximate surface area is 201 Å². The van der Waals surface area contributed by atoms with E-state index in [1.807, 2.05) is 42.2 Å². The first kappa shape index (κ1) is 23.2. The van der Waals surface area contributed by atoms with Gasteiger partial charge in [0.2, 0.25) is 5.91 Å². The quantitative estimate of drug-likeness (QED) is 0.490. The normalized spacial score (nSPS) is 14.9. The zero-order valence-corrected chi connectivity index (χ0v) is 20.3. The molecule has 3 aromatic rings. The van der Waals surface area contributed by atoms with Gasteiger partial charge in [-0.2, -0.15) is 0 Å². The summed E-state index contributed by atoms with van der Waals surface area (Å²) in [5.41, 5.74) is 5.63. The van der Waals surface area contributed by atoms with Crippen molar-refractivity contribution in [2.45, 2.75) is 39.0 Å². The van der Waals surface area contributed by atoms with Gasteiger partial charge in [0, 0.05) is 43.9 Å². The minimum Gasteiger partial charge on any atom is -0.353 e. The van der Waals surface area contributed by atoms with Crippen LogP contribution < -0.4 is 4.90 Å². The average molecular weight is 463 g/mol. The van der Waals surface area contributed by atoms with Gasteiger partial charge in [0.1, 0.15) is 17.0 Å². The number of carbonyl (C=O) groups is 1. The zero-order chi connectivity index (χ0) is 23.4. The summed E-state index contributed by atoms with van der Waals surface area (Å²) >= 11 is 6.50. The molecule has 0 spiro atoms. The molecule has 1 aromatic heterocycles. The molecule has 0 radical (unpaired) electrons. The minimum atomic E-state index is -0.650. The predicted molar refractivity (Wildman–Crippen MR) is 134 cm³/mol. The highest BCUT2D eigenvalue weighted by atomic mass is 35.5. The van der Waals surface area contributed by atoms with Crippen LogP contribution in [0.2, 0.25) is 0 Å². The molecule has 0 aliphatic carbocycles. The number of hydrogen-bond acceptors (Lipinski definition) is 4. The molecule has 1 aliphatic heterocycles. The molecule has 1 atom stereocenters. The highest BCUT2D eigenvalue weighted by molar-refractivity contribution is 6.30. The van der Waals surface area contributed by atoms with E-state index in [0.29, 0.717) is 13.1 Å². The van der Waals surface area contributed by atoms with Crippen LogP contribution in [-0.2, 0) is 17.6 Å². The lowest BCUT2D eigenvalue weighted by atomic mass is 10.0. The second kappa shape index (κ2) is 10.3. The molecule has 0 saturated carbocycles. The Hall–Kier alpha value is -2.92. The van der Waals surface area contributed by atoms with E-state index in [0.717, 1.165) is 48.8 Å². The number of benzene rings is 2. The van der Waals surface area contributed by atoms with E-state index >= 15 is 0 Å². The highest BCUT2D eigenvalue weighted by Gasteiger charge is 2.29. The molecule has 1 unspecified atom stereocenters. The number of anilines is 1. The summed E-state index contributed by atoms with van der Waals surface area (Å²) in [6, 6.07) is 18.2. The standard InChI is InChI=1S/C27H31ClN4O/c1-4-24-23(18-21-12-10-19(2)11-13-21)26(30-20(3)29-24)31-14-16-32(17-15-31)27(33)25(28)22-8-6-5-7-9-22/h5-13,25H,4,14-18H2,1-3H3. The maximum absolute atomic E-state index is 13.0. The van der Waals surface area contributed by atoms with Gasteiger partial charge in [0.05, 0.1) is 0 Å². The SMILES string of the molecule is CCc1nc(C)nc(N2CCN(C(=O)C(Cl)c3ccccc3)CC2)c1Cc1ccc(C)cc1. The summed E-state index contributed by atoms with van der Waals surface area (Å²) in [6.07, 6.45) is 1.66. The molecular weight excluding hydrogens is 432 g/mol. The summed E-state index contributed by atoms with van der Waals surface area (Å²) in [6.45, 7) is 8.91. The van der Waals surface area contributed by atoms with Crippen LogP contribution >= 0.6 is 11.6 Å². The first-order chi connectivity index (χ1) is 16.0. The second-order valence-corrected chi connectivity index (χ2v) is 9.06. The molecule has 2 heterocycles. The molecule has 1 aliphatic rings. The molecule has 2 aromatic carbocycles. The molecule has 33 heavy (non-hydrogen) atoms. The van der Waals surface area contributed by atoms with Gasteiger partial charge in [0.15, 0.2) is 0 Å². The van der Waals surface area contributed by atoms with E-state index in [9.17, 15) is 4.79 Å². The number of carbonyl (C=O) groups excluding carboxylic acids is 1. The number of alkyl halides is 1. The Morgan fingerprint density at radius 1 is 0.970 bits per heavy atom. The van der Waals surface area contributed by atoms with Crippen molar-refractivity contribution in [3.8, 4) is 0 Å². The lowest BCUT2D eigenvalue weighted by Gasteiger charge is -2.37. The Bertz CT molecular complexity index is 1090. The summed E-state index contributed by atoms with van der Waals surface area (Å²) in [5.74, 6) is 1.76. The van der Waals surface area contributed by atoms with E-state index in [4.69, 9.17) is 21.6 Å². The Morgan fingerprint density at radius 2 is 1.64 bits per heavy atom. The number of aromatic nitrogens is 2. The van der Waals surface area contributed by atoms with Crippen molar-refractivity contribution in [1.82, 2.24) is 14.9 Å². The average Bonchev–Trinajstić information content (AvgIpc) is 2.85. The monoisotopic (exact) mass is 462 g/mol. The van der Waals surface area contributed by atoms with Crippen LogP contribution in [0.25, 0.3) is 0 Å². The van der Waals surface area contributed by atoms with Crippen LogP contribution in [0.4, 0.5) is 5.82 Å². The molecular formula is C27H31ClN4O. The minimum absolute atomic E-state index is 0.0319. The Kier molecular flexibility index (Phi) is 7.29. The molecule has 1 fully saturated rings. The molecule has 172 valence electrons. The van der Waals surface area contributed by atoms with Crippen molar-refractivity contribution in [3.05, 3.63) is 88.4 Å². The number of piperazine rings is 1. The van der Waals surface area contributed by atoms with Crippen LogP contribution in [0, 0.1) is 13.8 Å². The van der Waals surface area contributed by atoms with Gasteiger partial charge in [-0.3, -0.25) is 4.79 Å². The molecule has 5 nitrogen and oxygen atoms in total. The first-order valence-electron chi connectivity index (χ1n) is 11.6. The fraction of sp³-hybridized carbons (Fsp3) is 0.370. The third kappa shape index (κ3) is 5.36. The van der Waals surface area contributed by atoms with Crippen molar-refractivity contribution >= 4 is 23.3 Å². The third-order valence-corrected chi connectivity index (χ3v) is 6.66. The second-order valence-electron chi connectivity index (χ2n) is 8.62. The highest BCUT2D eigenvalue weighted by Crippen LogP contribution is 2.28. The van der Waals surface area contributed by atoms with Gasteiger partial charge in [-0.1, -0.05) is 67.1 Å². The number of amides is 1. The van der Waals surface area contributed by atoms with Crippen LogP contribution in [0.3, 0.4) is 0 Å². The van der Waals surface area contributed by atoms with Gasteiger partial charge in [-0.15, -0.1) is 11.6 Å². The fourth-order valence-corrected chi connectivity index (χ4v) is 4.63. The van der Waals surface area contributed by atoms with Gasteiger partial charge in [-0.05, 0) is 31.4 Å². The van der Waals surface area contributed by atoms with Gasteiger partial charge in [-0.25, -0.2) is 9.97 Å². The molecule has 1 saturated heterocycles. The third-order valence-electron chi connectivity index (χ3n) is 6.22. The van der Waals surface area contributed by atoms with E-state index < -0.39 is 5.38 Å². The molecule has 4 rings (SSSR count). The fourth-order valence-electron chi connectivity index (χ4n) is 4.35. The lowest BCUT2D eigenvalue weighted by molar-refractivity contribution is -0.131. The largest absolute Gasteiger partial charge is 0.353 e. The predicted octanol–water partition coefficient (Wildman–Crippen LogP) is 4.88. The maximum atomic E-state index is 13.0. The maximum Gasteiger partial charge on any atom is 0.245 e. The lowest BCUT2D eigenvalue weighted by Crippen LogP contribution is -2.50. The Morgan fingerprint density at radius 3 is 2.27 bits per heavy atom. The van der Waals surface area contributed by atoms with Crippen LogP contribution in [0.5, 0.6) is 0 Å². The number of halogens is 1. The molecule has 6 heteroatoms. The Balaban J connectivity index is 1.52. The number of nitrogens with zero attached hydrogens (tertiary/aromatic N) is 4. The zero-order valence-electron chi connectivity index (χ0n) is 19.6. The number of rotatable bonds is 6. The van der Waals surface area contributed by atoms with E-state index in [1.165, 1.54) is 16.7 Å². The van der Waals surface area contributed by atoms with Crippen molar-refractivity contribution in [3.63, 3.8) is 0 Å². The van der Waals surface area contributed by atoms with Crippen LogP contribution in [0.1, 0.15) is 46.1 Å². The molecule has 0 bridgehead atoms. The summed E-state index contributed by atoms with van der Waals surface area (Å²) in [4.78, 5) is 26.7. The van der Waals surface area contributed by atoms with E-state index in [1.54, 1.807) is 0 Å². The summed E-state index contributed by atoms with van der Waals surface area (Å²) < 4.78 is 0. The van der Waals surface area contributed by atoms with Crippen molar-refractivity contribution in [2.75, 3.05) is 31.1 Å². The number of aryl methyl sites for hydroxylation is 3.